The molecule has 1 saturated heterocycles. The van der Waals surface area contributed by atoms with E-state index in [1.165, 1.54) is 33.4 Å². The summed E-state index contributed by atoms with van der Waals surface area (Å²) in [7, 11) is 0. The molecule has 0 spiro atoms. The van der Waals surface area contributed by atoms with E-state index < -0.39 is 0 Å². The van der Waals surface area contributed by atoms with E-state index in [1.54, 1.807) is 0 Å². The number of pyridine rings is 1. The van der Waals surface area contributed by atoms with E-state index >= 15 is 0 Å². The van der Waals surface area contributed by atoms with Gasteiger partial charge in [-0.05, 0) is 75.1 Å². The summed E-state index contributed by atoms with van der Waals surface area (Å²) in [6.45, 7) is 8.81. The number of rotatable bonds is 4. The van der Waals surface area contributed by atoms with Crippen LogP contribution in [0.2, 0.25) is 0 Å². The maximum absolute atomic E-state index is 5.79. The van der Waals surface area contributed by atoms with Crippen molar-refractivity contribution in [1.82, 2.24) is 19.8 Å². The van der Waals surface area contributed by atoms with Gasteiger partial charge in [0.15, 0.2) is 5.11 Å². The van der Waals surface area contributed by atoms with Crippen LogP contribution in [0.1, 0.15) is 48.6 Å². The van der Waals surface area contributed by atoms with E-state index in [4.69, 9.17) is 12.2 Å². The van der Waals surface area contributed by atoms with Crippen molar-refractivity contribution in [2.24, 2.45) is 0 Å². The lowest BCUT2D eigenvalue weighted by molar-refractivity contribution is 0.269. The summed E-state index contributed by atoms with van der Waals surface area (Å²) in [6, 6.07) is 23.9. The van der Waals surface area contributed by atoms with E-state index in [2.05, 4.69) is 102 Å². The summed E-state index contributed by atoms with van der Waals surface area (Å²) in [5.41, 5.74) is 5.96. The quantitative estimate of drug-likeness (QED) is 0.393. The molecule has 1 fully saturated rings. The SMILES string of the molecule is Cc1cc([C@H]2[C@H](c3ccccn3)NC(=S)N2C(C)C)c(C)n1-c1cccc2ccccc12. The lowest BCUT2D eigenvalue weighted by Crippen LogP contribution is -2.35. The van der Waals surface area contributed by atoms with Crippen LogP contribution in [0.25, 0.3) is 16.5 Å². The van der Waals surface area contributed by atoms with Crippen LogP contribution in [-0.4, -0.2) is 25.6 Å². The van der Waals surface area contributed by atoms with Crippen LogP contribution in [-0.2, 0) is 0 Å². The highest BCUT2D eigenvalue weighted by Crippen LogP contribution is 2.42. The van der Waals surface area contributed by atoms with Gasteiger partial charge in [0.2, 0.25) is 0 Å². The maximum Gasteiger partial charge on any atom is 0.170 e. The van der Waals surface area contributed by atoms with Crippen molar-refractivity contribution in [2.45, 2.75) is 45.8 Å². The Bertz CT molecular complexity index is 1290. The second-order valence-electron chi connectivity index (χ2n) is 8.79. The number of fused-ring (bicyclic) bond motifs is 1. The second-order valence-corrected chi connectivity index (χ2v) is 9.17. The third-order valence-electron chi connectivity index (χ3n) is 6.49. The van der Waals surface area contributed by atoms with Gasteiger partial charge >= 0.3 is 0 Å². The first kappa shape index (κ1) is 20.7. The molecule has 0 bridgehead atoms. The molecule has 0 unspecified atom stereocenters. The number of aromatic nitrogens is 2. The molecule has 2 aromatic heterocycles. The molecule has 32 heavy (non-hydrogen) atoms. The molecule has 1 aliphatic rings. The summed E-state index contributed by atoms with van der Waals surface area (Å²) >= 11 is 5.79. The van der Waals surface area contributed by atoms with Crippen LogP contribution in [0.3, 0.4) is 0 Å². The smallest absolute Gasteiger partial charge is 0.170 e. The molecule has 0 amide bonds. The molecule has 5 rings (SSSR count). The Morgan fingerprint density at radius 3 is 2.47 bits per heavy atom. The van der Waals surface area contributed by atoms with Gasteiger partial charge in [-0.2, -0.15) is 0 Å². The highest BCUT2D eigenvalue weighted by atomic mass is 32.1. The third-order valence-corrected chi connectivity index (χ3v) is 6.82. The summed E-state index contributed by atoms with van der Waals surface area (Å²) in [6.07, 6.45) is 1.86. The van der Waals surface area contributed by atoms with Gasteiger partial charge in [-0.1, -0.05) is 42.5 Å². The predicted octanol–water partition coefficient (Wildman–Crippen LogP) is 6.02. The van der Waals surface area contributed by atoms with Gasteiger partial charge in [0, 0.05) is 29.0 Å². The molecule has 2 atom stereocenters. The molecule has 3 heterocycles. The molecule has 0 saturated carbocycles. The van der Waals surface area contributed by atoms with E-state index in [1.807, 2.05) is 18.3 Å². The number of hydrogen-bond acceptors (Lipinski definition) is 2. The summed E-state index contributed by atoms with van der Waals surface area (Å²) < 4.78 is 2.38. The first-order valence-corrected chi connectivity index (χ1v) is 11.5. The standard InChI is InChI=1S/C27H28N4S/c1-17(2)30-26(25(29-27(30)32)23-13-7-8-15-28-23)22-16-18(3)31(19(22)4)24-14-9-11-20-10-5-6-12-21(20)24/h5-17,25-26H,1-4H3,(H,29,32)/t25-,26-/m0/s1. The van der Waals surface area contributed by atoms with Crippen molar-refractivity contribution in [1.29, 1.82) is 0 Å². The van der Waals surface area contributed by atoms with Crippen molar-refractivity contribution < 1.29 is 0 Å². The molecule has 0 aliphatic carbocycles. The third kappa shape index (κ3) is 3.28. The minimum absolute atomic E-state index is 0.00701. The van der Waals surface area contributed by atoms with Gasteiger partial charge in [-0.3, -0.25) is 4.98 Å². The number of thiocarbonyl (C=S) groups is 1. The normalized spacial score (nSPS) is 18.5. The fourth-order valence-electron chi connectivity index (χ4n) is 5.12. The second kappa shape index (κ2) is 8.06. The fourth-order valence-corrected chi connectivity index (χ4v) is 5.57. The molecule has 0 radical (unpaired) electrons. The van der Waals surface area contributed by atoms with Gasteiger partial charge < -0.3 is 14.8 Å². The van der Waals surface area contributed by atoms with Crippen LogP contribution < -0.4 is 5.32 Å². The van der Waals surface area contributed by atoms with Gasteiger partial charge in [0.1, 0.15) is 0 Å². The Hall–Kier alpha value is -3.18. The van der Waals surface area contributed by atoms with Gasteiger partial charge in [0.05, 0.1) is 23.5 Å². The van der Waals surface area contributed by atoms with Crippen molar-refractivity contribution in [2.75, 3.05) is 0 Å². The molecule has 1 N–H and O–H groups in total. The molecular formula is C27H28N4S. The predicted molar refractivity (Wildman–Crippen MR) is 135 cm³/mol. The van der Waals surface area contributed by atoms with E-state index in [-0.39, 0.29) is 18.1 Å². The van der Waals surface area contributed by atoms with E-state index in [9.17, 15) is 0 Å². The van der Waals surface area contributed by atoms with Crippen molar-refractivity contribution in [3.8, 4) is 5.69 Å². The van der Waals surface area contributed by atoms with E-state index in [0.29, 0.717) is 0 Å². The fraction of sp³-hybridized carbons (Fsp3) is 0.259. The summed E-state index contributed by atoms with van der Waals surface area (Å²) in [5.74, 6) is 0. The highest BCUT2D eigenvalue weighted by Gasteiger charge is 2.42. The van der Waals surface area contributed by atoms with Crippen LogP contribution in [0.15, 0.2) is 72.9 Å². The lowest BCUT2D eigenvalue weighted by Gasteiger charge is -2.31. The van der Waals surface area contributed by atoms with Crippen LogP contribution in [0, 0.1) is 13.8 Å². The van der Waals surface area contributed by atoms with Gasteiger partial charge in [-0.25, -0.2) is 0 Å². The average Bonchev–Trinajstić information content (AvgIpc) is 3.29. The largest absolute Gasteiger partial charge is 0.352 e. The zero-order valence-corrected chi connectivity index (χ0v) is 19.7. The Kier molecular flexibility index (Phi) is 5.22. The van der Waals surface area contributed by atoms with Crippen molar-refractivity contribution >= 4 is 28.1 Å². The number of benzene rings is 2. The lowest BCUT2D eigenvalue weighted by atomic mass is 9.96. The molecule has 2 aromatic carbocycles. The number of hydrogen-bond donors (Lipinski definition) is 1. The van der Waals surface area contributed by atoms with Crippen LogP contribution in [0.5, 0.6) is 0 Å². The highest BCUT2D eigenvalue weighted by molar-refractivity contribution is 7.80. The Morgan fingerprint density at radius 1 is 0.969 bits per heavy atom. The van der Waals surface area contributed by atoms with Gasteiger partial charge in [0.25, 0.3) is 0 Å². The molecular weight excluding hydrogens is 412 g/mol. The first-order chi connectivity index (χ1) is 15.5. The molecule has 4 nitrogen and oxygen atoms in total. The zero-order chi connectivity index (χ0) is 22.4. The Balaban J connectivity index is 1.69. The summed E-state index contributed by atoms with van der Waals surface area (Å²) in [5, 5.41) is 6.85. The Labute approximate surface area is 194 Å². The monoisotopic (exact) mass is 440 g/mol. The molecule has 5 heteroatoms. The first-order valence-electron chi connectivity index (χ1n) is 11.1. The van der Waals surface area contributed by atoms with Crippen LogP contribution in [0.4, 0.5) is 0 Å². The number of aryl methyl sites for hydroxylation is 1. The molecule has 4 aromatic rings. The van der Waals surface area contributed by atoms with Crippen molar-refractivity contribution in [3.63, 3.8) is 0 Å². The summed E-state index contributed by atoms with van der Waals surface area (Å²) in [4.78, 5) is 6.99. The number of nitrogens with zero attached hydrogens (tertiary/aromatic N) is 3. The minimum Gasteiger partial charge on any atom is -0.352 e. The molecule has 162 valence electrons. The van der Waals surface area contributed by atoms with Crippen molar-refractivity contribution in [3.05, 3.63) is 95.6 Å². The average molecular weight is 441 g/mol. The molecule has 1 aliphatic heterocycles. The zero-order valence-electron chi connectivity index (χ0n) is 18.9. The minimum atomic E-state index is 0.00701. The van der Waals surface area contributed by atoms with E-state index in [0.717, 1.165) is 10.8 Å². The topological polar surface area (TPSA) is 33.1 Å². The van der Waals surface area contributed by atoms with Gasteiger partial charge in [-0.15, -0.1) is 0 Å². The van der Waals surface area contributed by atoms with Crippen LogP contribution >= 0.6 is 12.2 Å². The number of nitrogens with one attached hydrogen (secondary N) is 1. The Morgan fingerprint density at radius 2 is 1.72 bits per heavy atom. The maximum atomic E-state index is 5.79.